The Hall–Kier alpha value is -1.42. The fraction of sp³-hybridized carbons (Fsp3) is 0.571. The van der Waals surface area contributed by atoms with Crippen molar-refractivity contribution in [2.45, 2.75) is 32.1 Å². The molecule has 1 saturated carbocycles. The highest BCUT2D eigenvalue weighted by atomic mass is 16.2. The SMILES string of the molecule is CN(C(=O)C1(CN)CCCCC1)c1cccnc1. The van der Waals surface area contributed by atoms with E-state index in [4.69, 9.17) is 5.73 Å². The number of hydrogen-bond acceptors (Lipinski definition) is 3. The summed E-state index contributed by atoms with van der Waals surface area (Å²) in [6.07, 6.45) is 8.66. The summed E-state index contributed by atoms with van der Waals surface area (Å²) in [5.74, 6) is 0.137. The summed E-state index contributed by atoms with van der Waals surface area (Å²) >= 11 is 0. The third-order valence-electron chi connectivity index (χ3n) is 3.99. The summed E-state index contributed by atoms with van der Waals surface area (Å²) in [7, 11) is 1.81. The van der Waals surface area contributed by atoms with Gasteiger partial charge < -0.3 is 10.6 Å². The molecular formula is C14H21N3O. The molecule has 0 aromatic carbocycles. The summed E-state index contributed by atoms with van der Waals surface area (Å²) in [6, 6.07) is 3.74. The van der Waals surface area contributed by atoms with E-state index in [0.29, 0.717) is 6.54 Å². The minimum Gasteiger partial charge on any atom is -0.329 e. The lowest BCUT2D eigenvalue weighted by atomic mass is 9.73. The number of hydrogen-bond donors (Lipinski definition) is 1. The average molecular weight is 247 g/mol. The van der Waals surface area contributed by atoms with Crippen LogP contribution < -0.4 is 10.6 Å². The highest BCUT2D eigenvalue weighted by Gasteiger charge is 2.40. The Balaban J connectivity index is 2.19. The van der Waals surface area contributed by atoms with Crippen LogP contribution in [0.3, 0.4) is 0 Å². The van der Waals surface area contributed by atoms with E-state index in [2.05, 4.69) is 4.98 Å². The Labute approximate surface area is 108 Å². The molecule has 1 amide bonds. The van der Waals surface area contributed by atoms with E-state index in [-0.39, 0.29) is 11.3 Å². The molecule has 18 heavy (non-hydrogen) atoms. The Morgan fingerprint density at radius 2 is 2.17 bits per heavy atom. The predicted molar refractivity (Wildman–Crippen MR) is 72.2 cm³/mol. The molecule has 1 aliphatic rings. The largest absolute Gasteiger partial charge is 0.329 e. The first kappa shape index (κ1) is 13.0. The van der Waals surface area contributed by atoms with Gasteiger partial charge in [-0.05, 0) is 25.0 Å². The molecule has 0 unspecified atom stereocenters. The quantitative estimate of drug-likeness (QED) is 0.888. The van der Waals surface area contributed by atoms with Crippen molar-refractivity contribution < 1.29 is 4.79 Å². The summed E-state index contributed by atoms with van der Waals surface area (Å²) in [5.41, 5.74) is 6.37. The number of rotatable bonds is 3. The molecule has 0 aliphatic heterocycles. The lowest BCUT2D eigenvalue weighted by molar-refractivity contribution is -0.129. The van der Waals surface area contributed by atoms with Crippen LogP contribution in [0.2, 0.25) is 0 Å². The molecule has 0 atom stereocenters. The molecule has 4 heteroatoms. The highest BCUT2D eigenvalue weighted by Crippen LogP contribution is 2.37. The van der Waals surface area contributed by atoms with Gasteiger partial charge in [-0.2, -0.15) is 0 Å². The topological polar surface area (TPSA) is 59.2 Å². The lowest BCUT2D eigenvalue weighted by Crippen LogP contribution is -2.48. The number of nitrogens with two attached hydrogens (primary N) is 1. The van der Waals surface area contributed by atoms with Crippen LogP contribution in [0.1, 0.15) is 32.1 Å². The van der Waals surface area contributed by atoms with Gasteiger partial charge in [0.25, 0.3) is 0 Å². The van der Waals surface area contributed by atoms with Gasteiger partial charge in [-0.3, -0.25) is 9.78 Å². The van der Waals surface area contributed by atoms with Crippen LogP contribution in [0, 0.1) is 5.41 Å². The maximum Gasteiger partial charge on any atom is 0.234 e. The van der Waals surface area contributed by atoms with Gasteiger partial charge in [0, 0.05) is 19.8 Å². The third kappa shape index (κ3) is 2.38. The zero-order valence-electron chi connectivity index (χ0n) is 10.9. The fourth-order valence-corrected chi connectivity index (χ4v) is 2.76. The van der Waals surface area contributed by atoms with E-state index < -0.39 is 0 Å². The Kier molecular flexibility index (Phi) is 3.97. The van der Waals surface area contributed by atoms with E-state index in [1.165, 1.54) is 6.42 Å². The smallest absolute Gasteiger partial charge is 0.234 e. The number of amides is 1. The van der Waals surface area contributed by atoms with Crippen molar-refractivity contribution in [3.8, 4) is 0 Å². The van der Waals surface area contributed by atoms with Gasteiger partial charge >= 0.3 is 0 Å². The summed E-state index contributed by atoms with van der Waals surface area (Å²) in [6.45, 7) is 0.441. The van der Waals surface area contributed by atoms with Crippen LogP contribution in [0.25, 0.3) is 0 Å². The second-order valence-corrected chi connectivity index (χ2v) is 5.12. The minimum absolute atomic E-state index is 0.137. The molecule has 2 N–H and O–H groups in total. The van der Waals surface area contributed by atoms with Crippen molar-refractivity contribution in [1.82, 2.24) is 4.98 Å². The van der Waals surface area contributed by atoms with Gasteiger partial charge in [-0.15, -0.1) is 0 Å². The zero-order valence-corrected chi connectivity index (χ0v) is 10.9. The van der Waals surface area contributed by atoms with E-state index in [1.54, 1.807) is 17.3 Å². The standard InChI is InChI=1S/C14H21N3O/c1-17(12-6-5-9-16-10-12)13(18)14(11-15)7-3-2-4-8-14/h5-6,9-10H,2-4,7-8,11,15H2,1H3. The van der Waals surface area contributed by atoms with Crippen LogP contribution >= 0.6 is 0 Å². The Bertz CT molecular complexity index is 399. The highest BCUT2D eigenvalue weighted by molar-refractivity contribution is 5.97. The van der Waals surface area contributed by atoms with Crippen LogP contribution in [0.15, 0.2) is 24.5 Å². The number of carbonyl (C=O) groups excluding carboxylic acids is 1. The molecule has 0 bridgehead atoms. The normalized spacial score (nSPS) is 18.3. The maximum atomic E-state index is 12.7. The van der Waals surface area contributed by atoms with Crippen molar-refractivity contribution >= 4 is 11.6 Å². The molecule has 0 radical (unpaired) electrons. The van der Waals surface area contributed by atoms with E-state index in [1.807, 2.05) is 19.2 Å². The molecule has 1 heterocycles. The third-order valence-corrected chi connectivity index (χ3v) is 3.99. The molecular weight excluding hydrogens is 226 g/mol. The van der Waals surface area contributed by atoms with Crippen LogP contribution in [-0.2, 0) is 4.79 Å². The van der Waals surface area contributed by atoms with Crippen LogP contribution in [0.5, 0.6) is 0 Å². The molecule has 1 aromatic heterocycles. The van der Waals surface area contributed by atoms with Crippen molar-refractivity contribution in [2.24, 2.45) is 11.1 Å². The molecule has 0 spiro atoms. The van der Waals surface area contributed by atoms with Crippen LogP contribution in [0.4, 0.5) is 5.69 Å². The van der Waals surface area contributed by atoms with Gasteiger partial charge in [-0.1, -0.05) is 19.3 Å². The van der Waals surface area contributed by atoms with Gasteiger partial charge in [0.2, 0.25) is 5.91 Å². The second kappa shape index (κ2) is 5.48. The number of pyridine rings is 1. The summed E-state index contributed by atoms with van der Waals surface area (Å²) in [5, 5.41) is 0. The van der Waals surface area contributed by atoms with E-state index in [0.717, 1.165) is 31.4 Å². The molecule has 1 aromatic rings. The van der Waals surface area contributed by atoms with Gasteiger partial charge in [0.05, 0.1) is 17.3 Å². The maximum absolute atomic E-state index is 12.7. The van der Waals surface area contributed by atoms with Crippen molar-refractivity contribution in [3.63, 3.8) is 0 Å². The van der Waals surface area contributed by atoms with Crippen molar-refractivity contribution in [2.75, 3.05) is 18.5 Å². The molecule has 4 nitrogen and oxygen atoms in total. The Morgan fingerprint density at radius 3 is 2.72 bits per heavy atom. The molecule has 98 valence electrons. The minimum atomic E-state index is -0.358. The van der Waals surface area contributed by atoms with E-state index in [9.17, 15) is 4.79 Å². The lowest BCUT2D eigenvalue weighted by Gasteiger charge is -2.37. The predicted octanol–water partition coefficient (Wildman–Crippen LogP) is 1.95. The number of nitrogens with zero attached hydrogens (tertiary/aromatic N) is 2. The van der Waals surface area contributed by atoms with Crippen LogP contribution in [-0.4, -0.2) is 24.5 Å². The van der Waals surface area contributed by atoms with Gasteiger partial charge in [-0.25, -0.2) is 0 Å². The molecule has 1 aliphatic carbocycles. The molecule has 2 rings (SSSR count). The van der Waals surface area contributed by atoms with Crippen molar-refractivity contribution in [1.29, 1.82) is 0 Å². The number of aromatic nitrogens is 1. The molecule has 0 saturated heterocycles. The first-order valence-electron chi connectivity index (χ1n) is 6.58. The number of anilines is 1. The second-order valence-electron chi connectivity index (χ2n) is 5.12. The summed E-state index contributed by atoms with van der Waals surface area (Å²) in [4.78, 5) is 18.4. The average Bonchev–Trinajstić information content (AvgIpc) is 2.47. The van der Waals surface area contributed by atoms with Gasteiger partial charge in [0.1, 0.15) is 0 Å². The first-order chi connectivity index (χ1) is 8.69. The first-order valence-corrected chi connectivity index (χ1v) is 6.58. The van der Waals surface area contributed by atoms with Crippen molar-refractivity contribution in [3.05, 3.63) is 24.5 Å². The fourth-order valence-electron chi connectivity index (χ4n) is 2.76. The summed E-state index contributed by atoms with van der Waals surface area (Å²) < 4.78 is 0. The molecule has 1 fully saturated rings. The van der Waals surface area contributed by atoms with E-state index >= 15 is 0 Å². The Morgan fingerprint density at radius 1 is 1.44 bits per heavy atom. The number of carbonyl (C=O) groups is 1. The zero-order chi connectivity index (χ0) is 13.0. The van der Waals surface area contributed by atoms with Gasteiger partial charge in [0.15, 0.2) is 0 Å². The monoisotopic (exact) mass is 247 g/mol.